The number of rotatable bonds is 17. The first kappa shape index (κ1) is 39.2. The molecule has 0 radical (unpaired) electrons. The molecule has 284 valence electrons. The van der Waals surface area contributed by atoms with Crippen molar-refractivity contribution in [3.8, 4) is 17.1 Å². The van der Waals surface area contributed by atoms with Crippen LogP contribution in [0, 0.1) is 5.92 Å². The van der Waals surface area contributed by atoms with Crippen LogP contribution in [-0.2, 0) is 49.1 Å². The van der Waals surface area contributed by atoms with Crippen LogP contribution in [0.2, 0.25) is 0 Å². The number of benzene rings is 1. The number of hydrogen-bond donors (Lipinski definition) is 4. The first-order valence-corrected chi connectivity index (χ1v) is 18.7. The lowest BCUT2D eigenvalue weighted by Gasteiger charge is -2.35. The number of primary amides is 1. The number of aliphatic hydroxyl groups is 1. The molecule has 13 heteroatoms. The number of fused-ring (bicyclic) bond motifs is 5. The average molecular weight is 730 g/mol. The molecule has 5 rings (SSSR count). The van der Waals surface area contributed by atoms with E-state index < -0.39 is 35.3 Å². The summed E-state index contributed by atoms with van der Waals surface area (Å²) in [5, 5.41) is 17.5. The van der Waals surface area contributed by atoms with Crippen molar-refractivity contribution in [2.45, 2.75) is 117 Å². The maximum Gasteiger partial charge on any atom is 0.314 e. The van der Waals surface area contributed by atoms with Gasteiger partial charge in [-0.3, -0.25) is 24.0 Å². The first-order valence-electron chi connectivity index (χ1n) is 18.7. The van der Waals surface area contributed by atoms with Crippen LogP contribution in [0.25, 0.3) is 22.3 Å². The van der Waals surface area contributed by atoms with Crippen LogP contribution in [-0.4, -0.2) is 50.9 Å². The Kier molecular flexibility index (Phi) is 12.4. The molecule has 3 atom stereocenters. The first-order chi connectivity index (χ1) is 25.3. The zero-order valence-electron chi connectivity index (χ0n) is 31.1. The van der Waals surface area contributed by atoms with Gasteiger partial charge >= 0.3 is 5.97 Å². The molecule has 0 saturated carbocycles. The molecule has 3 aromatic rings. The Labute approximate surface area is 309 Å². The highest BCUT2D eigenvalue weighted by Gasteiger charge is 2.41. The number of nitrogens with two attached hydrogens (primary N) is 1. The molecule has 4 heterocycles. The molecular formula is C40H51N5O8. The summed E-state index contributed by atoms with van der Waals surface area (Å²) >= 11 is 0. The van der Waals surface area contributed by atoms with Crippen LogP contribution in [0.15, 0.2) is 41.4 Å². The van der Waals surface area contributed by atoms with E-state index >= 15 is 0 Å². The Bertz CT molecular complexity index is 1990. The summed E-state index contributed by atoms with van der Waals surface area (Å²) in [6.45, 7) is 12.0. The standard InChI is InChI=1S/C40H51N5O8/c1-6-9-10-11-12-13-35(47)43-32(20-34(41)46)37(48)42-17-16-23(4)39(50)53-25-14-15-31-27(18-25)26(7-2)28-21-45-33(36(28)44-31)19-30-29(38(45)49)22-52-24(5)40(30,51)8-3/h14-15,18-19,23,32,51H,5-13,16-17,20-22H2,1-4H3,(H2,41,46)(H,42,48)(H,43,47)/t23-,32+,40+/m0/s1. The lowest BCUT2D eigenvalue weighted by atomic mass is 9.84. The summed E-state index contributed by atoms with van der Waals surface area (Å²) in [6, 6.07) is 5.96. The molecule has 0 unspecified atom stereocenters. The smallest absolute Gasteiger partial charge is 0.314 e. The van der Waals surface area contributed by atoms with Crippen LogP contribution in [0.1, 0.15) is 108 Å². The minimum atomic E-state index is -1.48. The quantitative estimate of drug-likeness (QED) is 0.0693. The molecule has 0 saturated heterocycles. The van der Waals surface area contributed by atoms with Crippen LogP contribution < -0.4 is 26.7 Å². The number of esters is 1. The van der Waals surface area contributed by atoms with Gasteiger partial charge in [-0.2, -0.15) is 0 Å². The minimum absolute atomic E-state index is 0.0365. The Hall–Kier alpha value is -5.04. The number of nitrogens with zero attached hydrogens (tertiary/aromatic N) is 2. The second kappa shape index (κ2) is 16.7. The van der Waals surface area contributed by atoms with E-state index in [1.807, 2.05) is 19.9 Å². The van der Waals surface area contributed by atoms with Gasteiger partial charge in [-0.05, 0) is 55.5 Å². The highest BCUT2D eigenvalue weighted by atomic mass is 16.5. The second-order valence-corrected chi connectivity index (χ2v) is 14.0. The van der Waals surface area contributed by atoms with E-state index in [-0.39, 0.29) is 49.6 Å². The topological polar surface area (TPSA) is 192 Å². The van der Waals surface area contributed by atoms with Gasteiger partial charge in [-0.25, -0.2) is 4.98 Å². The number of carbonyl (C=O) groups is 4. The fourth-order valence-corrected chi connectivity index (χ4v) is 7.16. The number of unbranched alkanes of at least 4 members (excludes halogenated alkanes) is 4. The summed E-state index contributed by atoms with van der Waals surface area (Å²) < 4.78 is 13.1. The normalized spacial score (nSPS) is 16.9. The molecule has 2 aliphatic heterocycles. The zero-order valence-corrected chi connectivity index (χ0v) is 31.1. The molecule has 0 aliphatic carbocycles. The number of carbonyl (C=O) groups excluding carboxylic acids is 4. The third-order valence-corrected chi connectivity index (χ3v) is 10.4. The molecule has 13 nitrogen and oxygen atoms in total. The van der Waals surface area contributed by atoms with Gasteiger partial charge in [0, 0.05) is 29.5 Å². The molecule has 0 bridgehead atoms. The molecule has 2 aromatic heterocycles. The van der Waals surface area contributed by atoms with Gasteiger partial charge < -0.3 is 35.5 Å². The maximum absolute atomic E-state index is 13.7. The fourth-order valence-electron chi connectivity index (χ4n) is 7.16. The lowest BCUT2D eigenvalue weighted by molar-refractivity contribution is -0.138. The minimum Gasteiger partial charge on any atom is -0.490 e. The summed E-state index contributed by atoms with van der Waals surface area (Å²) in [6.07, 6.45) is 5.95. The molecule has 0 fully saturated rings. The van der Waals surface area contributed by atoms with E-state index in [4.69, 9.17) is 20.2 Å². The lowest BCUT2D eigenvalue weighted by Crippen LogP contribution is -2.49. The van der Waals surface area contributed by atoms with Gasteiger partial charge in [0.1, 0.15) is 29.8 Å². The SMILES string of the molecule is C=C1OCc2c(cc3n(c2=O)Cc2c-3nc3ccc(OC(=O)[C@@H](C)CCNC(=O)[C@@H](CC(N)=O)NC(=O)CCCCCCC)cc3c2CC)[C@@]1(O)CC. The number of aryl methyl sites for hydroxylation is 1. The van der Waals surface area contributed by atoms with Crippen molar-refractivity contribution >= 4 is 34.6 Å². The van der Waals surface area contributed by atoms with Gasteiger partial charge in [0.05, 0.1) is 41.4 Å². The summed E-state index contributed by atoms with van der Waals surface area (Å²) in [7, 11) is 0. The van der Waals surface area contributed by atoms with Gasteiger partial charge in [-0.15, -0.1) is 0 Å². The highest BCUT2D eigenvalue weighted by Crippen LogP contribution is 2.43. The summed E-state index contributed by atoms with van der Waals surface area (Å²) in [5.41, 5.74) is 8.36. The number of nitrogens with one attached hydrogen (secondary N) is 2. The highest BCUT2D eigenvalue weighted by molar-refractivity contribution is 5.92. The van der Waals surface area contributed by atoms with Crippen molar-refractivity contribution in [2.75, 3.05) is 6.54 Å². The fraction of sp³-hybridized carbons (Fsp3) is 0.500. The van der Waals surface area contributed by atoms with Crippen molar-refractivity contribution in [3.63, 3.8) is 0 Å². The Morgan fingerprint density at radius 2 is 1.87 bits per heavy atom. The van der Waals surface area contributed by atoms with Crippen LogP contribution >= 0.6 is 0 Å². The molecule has 0 spiro atoms. The van der Waals surface area contributed by atoms with Gasteiger partial charge in [0.25, 0.3) is 5.56 Å². The summed E-state index contributed by atoms with van der Waals surface area (Å²) in [5.74, 6) is -2.10. The molecule has 1 aromatic carbocycles. The second-order valence-electron chi connectivity index (χ2n) is 14.0. The van der Waals surface area contributed by atoms with Crippen molar-refractivity contribution in [1.82, 2.24) is 20.2 Å². The van der Waals surface area contributed by atoms with Gasteiger partial charge in [0.2, 0.25) is 17.7 Å². The molecule has 53 heavy (non-hydrogen) atoms. The maximum atomic E-state index is 13.7. The molecule has 5 N–H and O–H groups in total. The monoisotopic (exact) mass is 729 g/mol. The van der Waals surface area contributed by atoms with E-state index in [0.717, 1.165) is 42.2 Å². The molecule has 2 aliphatic rings. The number of aromatic nitrogens is 2. The number of ether oxygens (including phenoxy) is 2. The Morgan fingerprint density at radius 3 is 2.57 bits per heavy atom. The van der Waals surface area contributed by atoms with E-state index in [2.05, 4.69) is 24.1 Å². The third-order valence-electron chi connectivity index (χ3n) is 10.4. The molecular weight excluding hydrogens is 678 g/mol. The van der Waals surface area contributed by atoms with Crippen molar-refractivity contribution in [1.29, 1.82) is 0 Å². The Balaban J connectivity index is 1.24. The van der Waals surface area contributed by atoms with Crippen molar-refractivity contribution in [3.05, 3.63) is 69.2 Å². The third kappa shape index (κ3) is 8.30. The number of amides is 3. The average Bonchev–Trinajstić information content (AvgIpc) is 3.50. The Morgan fingerprint density at radius 1 is 1.11 bits per heavy atom. The van der Waals surface area contributed by atoms with E-state index in [1.54, 1.807) is 29.7 Å². The van der Waals surface area contributed by atoms with E-state index in [0.29, 0.717) is 59.6 Å². The van der Waals surface area contributed by atoms with E-state index in [1.165, 1.54) is 0 Å². The van der Waals surface area contributed by atoms with Gasteiger partial charge in [0.15, 0.2) is 0 Å². The number of pyridine rings is 2. The van der Waals surface area contributed by atoms with Crippen LogP contribution in [0.3, 0.4) is 0 Å². The number of hydrogen-bond acceptors (Lipinski definition) is 9. The van der Waals surface area contributed by atoms with Gasteiger partial charge in [-0.1, -0.05) is 60.0 Å². The van der Waals surface area contributed by atoms with Crippen LogP contribution in [0.4, 0.5) is 0 Å². The predicted octanol–water partition coefficient (Wildman–Crippen LogP) is 4.40. The van der Waals surface area contributed by atoms with Crippen molar-refractivity contribution in [2.24, 2.45) is 11.7 Å². The predicted molar refractivity (Wildman–Crippen MR) is 200 cm³/mol. The van der Waals surface area contributed by atoms with Crippen molar-refractivity contribution < 1.29 is 33.8 Å². The van der Waals surface area contributed by atoms with E-state index in [9.17, 15) is 29.1 Å². The summed E-state index contributed by atoms with van der Waals surface area (Å²) in [4.78, 5) is 68.6. The zero-order chi connectivity index (χ0) is 38.4. The molecule has 3 amide bonds. The van der Waals surface area contributed by atoms with Crippen LogP contribution in [0.5, 0.6) is 5.75 Å². The largest absolute Gasteiger partial charge is 0.490 e.